The third-order valence-electron chi connectivity index (χ3n) is 6.01. The van der Waals surface area contributed by atoms with Crippen LogP contribution in [0.5, 0.6) is 0 Å². The van der Waals surface area contributed by atoms with Gasteiger partial charge in [-0.15, -0.1) is 0 Å². The third kappa shape index (κ3) is 3.21. The number of aromatic amines is 1. The Labute approximate surface area is 181 Å². The number of hydrogen-bond donors (Lipinski definition) is 1. The van der Waals surface area contributed by atoms with Crippen LogP contribution < -0.4 is 0 Å². The monoisotopic (exact) mass is 395 g/mol. The predicted molar refractivity (Wildman–Crippen MR) is 132 cm³/mol. The van der Waals surface area contributed by atoms with E-state index >= 15 is 0 Å². The molecule has 5 aromatic carbocycles. The van der Waals surface area contributed by atoms with Gasteiger partial charge in [0.25, 0.3) is 0 Å². The van der Waals surface area contributed by atoms with E-state index in [1.165, 1.54) is 55.2 Å². The summed E-state index contributed by atoms with van der Waals surface area (Å²) in [5.41, 5.74) is 9.77. The Hall–Kier alpha value is -4.10. The minimum absolute atomic E-state index is 1.17. The van der Waals surface area contributed by atoms with Gasteiger partial charge >= 0.3 is 0 Å². The molecule has 31 heavy (non-hydrogen) atoms. The highest BCUT2D eigenvalue weighted by atomic mass is 14.7. The minimum Gasteiger partial charge on any atom is -0.355 e. The fourth-order valence-electron chi connectivity index (χ4n) is 4.40. The van der Waals surface area contributed by atoms with Crippen molar-refractivity contribution in [1.29, 1.82) is 0 Å². The smallest absolute Gasteiger partial charge is 0.0465 e. The first-order valence-electron chi connectivity index (χ1n) is 10.6. The highest BCUT2D eigenvalue weighted by Gasteiger charge is 2.09. The fraction of sp³-hybridized carbons (Fsp3) is 0. The van der Waals surface area contributed by atoms with E-state index in [0.717, 1.165) is 0 Å². The Bertz CT molecular complexity index is 1510. The van der Waals surface area contributed by atoms with E-state index < -0.39 is 0 Å². The lowest BCUT2D eigenvalue weighted by Gasteiger charge is -2.07. The van der Waals surface area contributed by atoms with Gasteiger partial charge in [0.1, 0.15) is 0 Å². The van der Waals surface area contributed by atoms with Gasteiger partial charge in [-0.2, -0.15) is 0 Å². The summed E-state index contributed by atoms with van der Waals surface area (Å²) in [6.07, 6.45) is 0. The minimum atomic E-state index is 1.17. The highest BCUT2D eigenvalue weighted by molar-refractivity contribution is 6.09. The number of hydrogen-bond acceptors (Lipinski definition) is 0. The van der Waals surface area contributed by atoms with Crippen molar-refractivity contribution in [3.05, 3.63) is 121 Å². The molecular formula is C30H21N. The van der Waals surface area contributed by atoms with E-state index in [4.69, 9.17) is 0 Å². The standard InChI is InChI=1S/C30H21N/c1-3-8-21(9-4-1)23-12-7-13-24(18-23)26-15-17-30-28(20-26)27-19-25(14-16-29(27)31-30)22-10-5-2-6-11-22/h1-20,31H. The van der Waals surface area contributed by atoms with Crippen molar-refractivity contribution in [3.63, 3.8) is 0 Å². The summed E-state index contributed by atoms with van der Waals surface area (Å²) in [7, 11) is 0. The molecule has 0 aliphatic heterocycles. The van der Waals surface area contributed by atoms with Gasteiger partial charge in [0.15, 0.2) is 0 Å². The Morgan fingerprint density at radius 1 is 0.323 bits per heavy atom. The lowest BCUT2D eigenvalue weighted by Crippen LogP contribution is -1.81. The molecule has 0 unspecified atom stereocenters. The lowest BCUT2D eigenvalue weighted by atomic mass is 9.97. The number of benzene rings is 5. The summed E-state index contributed by atoms with van der Waals surface area (Å²) in [6, 6.07) is 43.3. The number of rotatable bonds is 3. The summed E-state index contributed by atoms with van der Waals surface area (Å²) in [4.78, 5) is 3.57. The van der Waals surface area contributed by atoms with Gasteiger partial charge in [0.2, 0.25) is 0 Å². The van der Waals surface area contributed by atoms with Crippen molar-refractivity contribution in [1.82, 2.24) is 4.98 Å². The first-order chi connectivity index (χ1) is 15.3. The number of nitrogens with one attached hydrogen (secondary N) is 1. The normalized spacial score (nSPS) is 11.2. The van der Waals surface area contributed by atoms with Crippen molar-refractivity contribution < 1.29 is 0 Å². The van der Waals surface area contributed by atoms with E-state index in [1.807, 2.05) is 0 Å². The van der Waals surface area contributed by atoms with Crippen LogP contribution >= 0.6 is 0 Å². The van der Waals surface area contributed by atoms with Gasteiger partial charge in [-0.3, -0.25) is 0 Å². The maximum absolute atomic E-state index is 3.57. The Morgan fingerprint density at radius 3 is 1.29 bits per heavy atom. The molecule has 1 nitrogen and oxygen atoms in total. The maximum atomic E-state index is 3.57. The van der Waals surface area contributed by atoms with E-state index in [0.29, 0.717) is 0 Å². The molecule has 0 fully saturated rings. The van der Waals surface area contributed by atoms with Gasteiger partial charge in [0.05, 0.1) is 0 Å². The molecule has 0 amide bonds. The molecule has 1 heterocycles. The van der Waals surface area contributed by atoms with Crippen LogP contribution in [0.25, 0.3) is 55.2 Å². The fourth-order valence-corrected chi connectivity index (χ4v) is 4.40. The predicted octanol–water partition coefficient (Wildman–Crippen LogP) is 8.32. The first-order valence-corrected chi connectivity index (χ1v) is 10.6. The van der Waals surface area contributed by atoms with Crippen LogP contribution in [0.3, 0.4) is 0 Å². The second kappa shape index (κ2) is 7.30. The van der Waals surface area contributed by atoms with Crippen molar-refractivity contribution in [2.75, 3.05) is 0 Å². The highest BCUT2D eigenvalue weighted by Crippen LogP contribution is 2.34. The third-order valence-corrected chi connectivity index (χ3v) is 6.01. The van der Waals surface area contributed by atoms with Crippen LogP contribution in [-0.4, -0.2) is 4.98 Å². The van der Waals surface area contributed by atoms with Crippen LogP contribution in [0.15, 0.2) is 121 Å². The number of fused-ring (bicyclic) bond motifs is 3. The summed E-state index contributed by atoms with van der Waals surface area (Å²) in [5.74, 6) is 0. The van der Waals surface area contributed by atoms with E-state index in [1.54, 1.807) is 0 Å². The summed E-state index contributed by atoms with van der Waals surface area (Å²) >= 11 is 0. The average molecular weight is 396 g/mol. The SMILES string of the molecule is c1ccc(-c2cccc(-c3ccc4[nH]c5ccc(-c6ccccc6)cc5c4c3)c2)cc1. The van der Waals surface area contributed by atoms with Gasteiger partial charge in [-0.25, -0.2) is 0 Å². The van der Waals surface area contributed by atoms with Crippen LogP contribution in [0.1, 0.15) is 0 Å². The number of aromatic nitrogens is 1. The van der Waals surface area contributed by atoms with Crippen molar-refractivity contribution >= 4 is 21.8 Å². The molecule has 0 aliphatic rings. The Morgan fingerprint density at radius 2 is 0.742 bits per heavy atom. The van der Waals surface area contributed by atoms with Crippen LogP contribution in [0, 0.1) is 0 Å². The zero-order valence-corrected chi connectivity index (χ0v) is 17.0. The van der Waals surface area contributed by atoms with E-state index in [9.17, 15) is 0 Å². The second-order valence-electron chi connectivity index (χ2n) is 7.96. The first kappa shape index (κ1) is 17.7. The molecule has 0 radical (unpaired) electrons. The molecule has 6 rings (SSSR count). The molecular weight excluding hydrogens is 374 g/mol. The van der Waals surface area contributed by atoms with Crippen molar-refractivity contribution in [2.24, 2.45) is 0 Å². The van der Waals surface area contributed by atoms with Crippen LogP contribution in [-0.2, 0) is 0 Å². The maximum Gasteiger partial charge on any atom is 0.0465 e. The topological polar surface area (TPSA) is 15.8 Å². The molecule has 6 aromatic rings. The zero-order valence-electron chi connectivity index (χ0n) is 17.0. The molecule has 0 saturated carbocycles. The largest absolute Gasteiger partial charge is 0.355 e. The Kier molecular flexibility index (Phi) is 4.18. The van der Waals surface area contributed by atoms with Gasteiger partial charge in [-0.1, -0.05) is 91.0 Å². The average Bonchev–Trinajstić information content (AvgIpc) is 3.22. The Balaban J connectivity index is 1.49. The quantitative estimate of drug-likeness (QED) is 0.310. The molecule has 0 bridgehead atoms. The molecule has 1 aromatic heterocycles. The van der Waals surface area contributed by atoms with Crippen molar-refractivity contribution in [3.8, 4) is 33.4 Å². The van der Waals surface area contributed by atoms with Gasteiger partial charge in [0, 0.05) is 21.8 Å². The summed E-state index contributed by atoms with van der Waals surface area (Å²) < 4.78 is 0. The molecule has 0 aliphatic carbocycles. The van der Waals surface area contributed by atoms with E-state index in [-0.39, 0.29) is 0 Å². The van der Waals surface area contributed by atoms with Crippen molar-refractivity contribution in [2.45, 2.75) is 0 Å². The summed E-state index contributed by atoms with van der Waals surface area (Å²) in [6.45, 7) is 0. The molecule has 146 valence electrons. The molecule has 1 heteroatoms. The second-order valence-corrected chi connectivity index (χ2v) is 7.96. The summed E-state index contributed by atoms with van der Waals surface area (Å²) in [5, 5.41) is 2.52. The van der Waals surface area contributed by atoms with Gasteiger partial charge < -0.3 is 4.98 Å². The molecule has 0 spiro atoms. The molecule has 1 N–H and O–H groups in total. The number of H-pyrrole nitrogens is 1. The van der Waals surface area contributed by atoms with Crippen LogP contribution in [0.4, 0.5) is 0 Å². The molecule has 0 atom stereocenters. The molecule has 0 saturated heterocycles. The van der Waals surface area contributed by atoms with Gasteiger partial charge in [-0.05, 0) is 63.7 Å². The van der Waals surface area contributed by atoms with E-state index in [2.05, 4.69) is 126 Å². The van der Waals surface area contributed by atoms with Crippen LogP contribution in [0.2, 0.25) is 0 Å². The lowest BCUT2D eigenvalue weighted by molar-refractivity contribution is 1.54. The zero-order chi connectivity index (χ0) is 20.6.